The number of non-ortho nitro benzene ring substituents is 1. The molecule has 7 heteroatoms. The fraction of sp³-hybridized carbons (Fsp3) is 0.250. The molecule has 0 fully saturated rings. The van der Waals surface area contributed by atoms with Crippen LogP contribution in [0.15, 0.2) is 36.4 Å². The maximum Gasteiger partial charge on any atom is 0.271 e. The molecule has 0 aliphatic heterocycles. The highest BCUT2D eigenvalue weighted by molar-refractivity contribution is 5.55. The van der Waals surface area contributed by atoms with Gasteiger partial charge in [0.25, 0.3) is 5.69 Å². The normalized spacial score (nSPS) is 10.0. The number of benzene rings is 2. The lowest BCUT2D eigenvalue weighted by Gasteiger charge is -2.14. The summed E-state index contributed by atoms with van der Waals surface area (Å²) < 4.78 is 15.9. The minimum atomic E-state index is -0.426. The van der Waals surface area contributed by atoms with Crippen molar-refractivity contribution in [2.45, 2.75) is 6.54 Å². The highest BCUT2D eigenvalue weighted by Gasteiger charge is 2.13. The summed E-state index contributed by atoms with van der Waals surface area (Å²) in [5.41, 5.74) is 1.60. The first-order valence-electron chi connectivity index (χ1n) is 6.86. The third-order valence-electron chi connectivity index (χ3n) is 3.28. The van der Waals surface area contributed by atoms with E-state index >= 15 is 0 Å². The van der Waals surface area contributed by atoms with Gasteiger partial charge >= 0.3 is 0 Å². The van der Waals surface area contributed by atoms with Gasteiger partial charge in [0.2, 0.25) is 5.75 Å². The Hall–Kier alpha value is -2.96. The van der Waals surface area contributed by atoms with Crippen LogP contribution in [-0.2, 0) is 6.54 Å². The van der Waals surface area contributed by atoms with E-state index in [9.17, 15) is 10.1 Å². The van der Waals surface area contributed by atoms with E-state index in [-0.39, 0.29) is 5.69 Å². The molecule has 0 radical (unpaired) electrons. The van der Waals surface area contributed by atoms with Gasteiger partial charge in [-0.1, -0.05) is 6.07 Å². The van der Waals surface area contributed by atoms with Crippen LogP contribution in [-0.4, -0.2) is 26.3 Å². The first kappa shape index (κ1) is 16.4. The van der Waals surface area contributed by atoms with E-state index < -0.39 is 4.92 Å². The van der Waals surface area contributed by atoms with E-state index in [2.05, 4.69) is 5.32 Å². The van der Waals surface area contributed by atoms with Crippen molar-refractivity contribution in [3.8, 4) is 17.2 Å². The lowest BCUT2D eigenvalue weighted by molar-refractivity contribution is -0.384. The molecule has 0 spiro atoms. The molecule has 0 bridgehead atoms. The maximum absolute atomic E-state index is 10.8. The standard InChI is InChI=1S/C16H18N2O5/c1-21-14-7-11(8-15(22-2)16(14)23-3)10-17-12-5-4-6-13(9-12)18(19)20/h4-9,17H,10H2,1-3H3. The van der Waals surface area contributed by atoms with Crippen molar-refractivity contribution in [1.82, 2.24) is 0 Å². The molecule has 0 saturated heterocycles. The van der Waals surface area contributed by atoms with E-state index in [4.69, 9.17) is 14.2 Å². The molecule has 0 aromatic heterocycles. The van der Waals surface area contributed by atoms with Crippen LogP contribution in [0, 0.1) is 10.1 Å². The zero-order valence-corrected chi connectivity index (χ0v) is 13.2. The summed E-state index contributed by atoms with van der Waals surface area (Å²) in [5, 5.41) is 13.9. The van der Waals surface area contributed by atoms with Crippen molar-refractivity contribution in [2.75, 3.05) is 26.6 Å². The number of anilines is 1. The lowest BCUT2D eigenvalue weighted by Crippen LogP contribution is -2.02. The molecule has 0 saturated carbocycles. The predicted octanol–water partition coefficient (Wildman–Crippen LogP) is 3.23. The smallest absolute Gasteiger partial charge is 0.271 e. The molecule has 0 unspecified atom stereocenters. The van der Waals surface area contributed by atoms with E-state index in [1.807, 2.05) is 12.1 Å². The minimum Gasteiger partial charge on any atom is -0.493 e. The van der Waals surface area contributed by atoms with Gasteiger partial charge in [0.1, 0.15) is 0 Å². The zero-order valence-electron chi connectivity index (χ0n) is 13.2. The minimum absolute atomic E-state index is 0.0416. The van der Waals surface area contributed by atoms with Gasteiger partial charge in [0, 0.05) is 24.4 Å². The molecular formula is C16H18N2O5. The van der Waals surface area contributed by atoms with Gasteiger partial charge in [-0.3, -0.25) is 10.1 Å². The molecule has 2 aromatic carbocycles. The Kier molecular flexibility index (Phi) is 5.24. The maximum atomic E-state index is 10.8. The van der Waals surface area contributed by atoms with Crippen LogP contribution in [0.25, 0.3) is 0 Å². The SMILES string of the molecule is COc1cc(CNc2cccc([N+](=O)[O-])c2)cc(OC)c1OC. The Labute approximate surface area is 133 Å². The molecule has 0 heterocycles. The van der Waals surface area contributed by atoms with Crippen molar-refractivity contribution in [3.05, 3.63) is 52.1 Å². The van der Waals surface area contributed by atoms with Crippen LogP contribution in [0.1, 0.15) is 5.56 Å². The van der Waals surface area contributed by atoms with Crippen LogP contribution in [0.3, 0.4) is 0 Å². The molecule has 122 valence electrons. The number of hydrogen-bond acceptors (Lipinski definition) is 6. The van der Waals surface area contributed by atoms with Crippen molar-refractivity contribution in [1.29, 1.82) is 0 Å². The molecule has 2 aromatic rings. The summed E-state index contributed by atoms with van der Waals surface area (Å²) in [7, 11) is 4.64. The van der Waals surface area contributed by atoms with Gasteiger partial charge in [-0.05, 0) is 23.8 Å². The Bertz CT molecular complexity index is 678. The topological polar surface area (TPSA) is 82.9 Å². The Morgan fingerprint density at radius 2 is 1.70 bits per heavy atom. The molecule has 0 atom stereocenters. The Morgan fingerprint density at radius 3 is 2.22 bits per heavy atom. The quantitative estimate of drug-likeness (QED) is 0.623. The molecule has 0 aliphatic carbocycles. The average molecular weight is 318 g/mol. The number of nitro benzene ring substituents is 1. The Morgan fingerprint density at radius 1 is 1.04 bits per heavy atom. The molecule has 0 aliphatic rings. The summed E-state index contributed by atoms with van der Waals surface area (Å²) in [4.78, 5) is 10.4. The van der Waals surface area contributed by atoms with Crippen LogP contribution < -0.4 is 19.5 Å². The van der Waals surface area contributed by atoms with Crippen LogP contribution in [0.4, 0.5) is 11.4 Å². The van der Waals surface area contributed by atoms with Crippen molar-refractivity contribution >= 4 is 11.4 Å². The van der Waals surface area contributed by atoms with Crippen LogP contribution in [0.5, 0.6) is 17.2 Å². The molecule has 0 amide bonds. The number of ether oxygens (including phenoxy) is 3. The third-order valence-corrected chi connectivity index (χ3v) is 3.28. The zero-order chi connectivity index (χ0) is 16.8. The summed E-state index contributed by atoms with van der Waals surface area (Å²) >= 11 is 0. The van der Waals surface area contributed by atoms with Gasteiger partial charge in [0.05, 0.1) is 26.3 Å². The summed E-state index contributed by atoms with van der Waals surface area (Å²) in [6, 6.07) is 9.99. The molecular weight excluding hydrogens is 300 g/mol. The van der Waals surface area contributed by atoms with Crippen molar-refractivity contribution in [3.63, 3.8) is 0 Å². The first-order chi connectivity index (χ1) is 11.1. The summed E-state index contributed by atoms with van der Waals surface area (Å²) in [5.74, 6) is 1.64. The number of methoxy groups -OCH3 is 3. The lowest BCUT2D eigenvalue weighted by atomic mass is 10.1. The second kappa shape index (κ2) is 7.35. The van der Waals surface area contributed by atoms with Crippen molar-refractivity contribution < 1.29 is 19.1 Å². The fourth-order valence-corrected chi connectivity index (χ4v) is 2.17. The van der Waals surface area contributed by atoms with E-state index in [0.29, 0.717) is 29.5 Å². The first-order valence-corrected chi connectivity index (χ1v) is 6.86. The largest absolute Gasteiger partial charge is 0.493 e. The molecule has 1 N–H and O–H groups in total. The second-order valence-electron chi connectivity index (χ2n) is 4.69. The number of rotatable bonds is 7. The van der Waals surface area contributed by atoms with Crippen LogP contribution in [0.2, 0.25) is 0 Å². The van der Waals surface area contributed by atoms with Gasteiger partial charge in [0.15, 0.2) is 11.5 Å². The fourth-order valence-electron chi connectivity index (χ4n) is 2.17. The highest BCUT2D eigenvalue weighted by Crippen LogP contribution is 2.38. The average Bonchev–Trinajstić information content (AvgIpc) is 2.59. The number of nitrogens with one attached hydrogen (secondary N) is 1. The number of nitro groups is 1. The van der Waals surface area contributed by atoms with Gasteiger partial charge in [-0.25, -0.2) is 0 Å². The second-order valence-corrected chi connectivity index (χ2v) is 4.69. The number of nitrogens with zero attached hydrogens (tertiary/aromatic N) is 1. The van der Waals surface area contributed by atoms with Gasteiger partial charge in [-0.2, -0.15) is 0 Å². The highest BCUT2D eigenvalue weighted by atomic mass is 16.6. The molecule has 7 nitrogen and oxygen atoms in total. The number of hydrogen-bond donors (Lipinski definition) is 1. The molecule has 23 heavy (non-hydrogen) atoms. The van der Waals surface area contributed by atoms with Gasteiger partial charge < -0.3 is 19.5 Å². The monoisotopic (exact) mass is 318 g/mol. The third kappa shape index (κ3) is 3.82. The summed E-state index contributed by atoms with van der Waals surface area (Å²) in [6.45, 7) is 0.456. The van der Waals surface area contributed by atoms with Gasteiger partial charge in [-0.15, -0.1) is 0 Å². The van der Waals surface area contributed by atoms with E-state index in [1.165, 1.54) is 12.1 Å². The predicted molar refractivity (Wildman–Crippen MR) is 86.5 cm³/mol. The van der Waals surface area contributed by atoms with Crippen molar-refractivity contribution in [2.24, 2.45) is 0 Å². The van der Waals surface area contributed by atoms with E-state index in [1.54, 1.807) is 33.5 Å². The molecule has 2 rings (SSSR count). The summed E-state index contributed by atoms with van der Waals surface area (Å²) in [6.07, 6.45) is 0. The Balaban J connectivity index is 2.20. The van der Waals surface area contributed by atoms with Crippen LogP contribution >= 0.6 is 0 Å². The van der Waals surface area contributed by atoms with E-state index in [0.717, 1.165) is 5.56 Å².